The average molecular weight is 413 g/mol. The fraction of sp³-hybridized carbons (Fsp3) is 0.350. The van der Waals surface area contributed by atoms with Crippen LogP contribution in [0, 0.1) is 0 Å². The second-order valence-corrected chi connectivity index (χ2v) is 9.20. The number of rotatable bonds is 4. The molecule has 2 aromatic heterocycles. The number of carbonyl (C=O) groups excluding carboxylic acids is 2. The van der Waals surface area contributed by atoms with Gasteiger partial charge in [0.05, 0.1) is 28.2 Å². The Morgan fingerprint density at radius 3 is 2.93 bits per heavy atom. The molecule has 2 N–H and O–H groups in total. The van der Waals surface area contributed by atoms with Crippen molar-refractivity contribution in [3.63, 3.8) is 0 Å². The number of amides is 2. The second-order valence-electron chi connectivity index (χ2n) is 7.14. The number of fused-ring (bicyclic) bond motifs is 2. The summed E-state index contributed by atoms with van der Waals surface area (Å²) in [4.78, 5) is 35.6. The number of aromatic amines is 1. The van der Waals surface area contributed by atoms with Gasteiger partial charge in [0, 0.05) is 4.88 Å². The Labute approximate surface area is 170 Å². The number of thioether (sulfide) groups is 1. The maximum atomic E-state index is 12.6. The smallest absolute Gasteiger partial charge is 0.244 e. The van der Waals surface area contributed by atoms with Gasteiger partial charge in [-0.2, -0.15) is 0 Å². The molecule has 3 heterocycles. The van der Waals surface area contributed by atoms with Crippen LogP contribution in [0.3, 0.4) is 0 Å². The first-order valence-electron chi connectivity index (χ1n) is 9.44. The minimum absolute atomic E-state index is 0.0307. The van der Waals surface area contributed by atoms with Crippen LogP contribution in [0.5, 0.6) is 0 Å². The van der Waals surface area contributed by atoms with E-state index in [2.05, 4.69) is 10.3 Å². The topological polar surface area (TPSA) is 78.1 Å². The Balaban J connectivity index is 1.49. The molecule has 3 aromatic rings. The summed E-state index contributed by atoms with van der Waals surface area (Å²) in [6, 6.07) is 7.97. The molecule has 5 rings (SSSR count). The van der Waals surface area contributed by atoms with E-state index in [0.29, 0.717) is 11.6 Å². The van der Waals surface area contributed by atoms with E-state index in [1.807, 2.05) is 24.3 Å². The van der Waals surface area contributed by atoms with E-state index in [-0.39, 0.29) is 18.4 Å². The molecule has 0 radical (unpaired) electrons. The number of para-hydroxylation sites is 2. The quantitative estimate of drug-likeness (QED) is 0.686. The van der Waals surface area contributed by atoms with Gasteiger partial charge in [0.2, 0.25) is 11.8 Å². The van der Waals surface area contributed by atoms with Crippen molar-refractivity contribution >= 4 is 50.9 Å². The maximum Gasteiger partial charge on any atom is 0.244 e. The van der Waals surface area contributed by atoms with Gasteiger partial charge in [-0.1, -0.05) is 12.1 Å². The summed E-state index contributed by atoms with van der Waals surface area (Å²) in [5.74, 6) is 1.74. The van der Waals surface area contributed by atoms with Gasteiger partial charge in [0.15, 0.2) is 0 Å². The van der Waals surface area contributed by atoms with Crippen LogP contribution in [-0.2, 0) is 22.4 Å². The zero-order chi connectivity index (χ0) is 19.1. The van der Waals surface area contributed by atoms with Gasteiger partial charge >= 0.3 is 0 Å². The zero-order valence-corrected chi connectivity index (χ0v) is 16.9. The fourth-order valence-electron chi connectivity index (χ4n) is 3.86. The number of H-pyrrole nitrogens is 1. The molecule has 2 amide bonds. The van der Waals surface area contributed by atoms with Crippen LogP contribution in [0.25, 0.3) is 22.4 Å². The number of aryl methyl sites for hydroxylation is 1. The Kier molecular flexibility index (Phi) is 4.60. The van der Waals surface area contributed by atoms with Gasteiger partial charge in [-0.3, -0.25) is 9.59 Å². The van der Waals surface area contributed by atoms with Gasteiger partial charge in [-0.15, -0.1) is 23.1 Å². The van der Waals surface area contributed by atoms with Crippen molar-refractivity contribution < 1.29 is 9.59 Å². The molecular formula is C20H20N4O2S2. The van der Waals surface area contributed by atoms with Crippen molar-refractivity contribution in [2.24, 2.45) is 0 Å². The summed E-state index contributed by atoms with van der Waals surface area (Å²) in [5, 5.41) is 3.92. The second kappa shape index (κ2) is 7.25. The third kappa shape index (κ3) is 3.20. The SMILES string of the molecule is O=C(CN1CSCC1=O)Nc1sc2c(c1-c1nc3ccccc3[nH]1)CCCC2. The highest BCUT2D eigenvalue weighted by Gasteiger charge is 2.27. The first-order chi connectivity index (χ1) is 13.7. The van der Waals surface area contributed by atoms with Crippen LogP contribution in [0.15, 0.2) is 24.3 Å². The monoisotopic (exact) mass is 412 g/mol. The van der Waals surface area contributed by atoms with Crippen molar-refractivity contribution in [1.82, 2.24) is 14.9 Å². The van der Waals surface area contributed by atoms with Crippen LogP contribution < -0.4 is 5.32 Å². The summed E-state index contributed by atoms with van der Waals surface area (Å²) >= 11 is 3.20. The molecule has 6 nitrogen and oxygen atoms in total. The lowest BCUT2D eigenvalue weighted by Gasteiger charge is -2.14. The molecule has 2 aliphatic rings. The van der Waals surface area contributed by atoms with Gasteiger partial charge in [-0.05, 0) is 43.4 Å². The molecule has 1 aromatic carbocycles. The number of hydrogen-bond donors (Lipinski definition) is 2. The first-order valence-corrected chi connectivity index (χ1v) is 11.4. The van der Waals surface area contributed by atoms with Crippen molar-refractivity contribution in [3.8, 4) is 11.4 Å². The average Bonchev–Trinajstić information content (AvgIpc) is 3.38. The zero-order valence-electron chi connectivity index (χ0n) is 15.3. The predicted octanol–water partition coefficient (Wildman–Crippen LogP) is 3.64. The van der Waals surface area contributed by atoms with Gasteiger partial charge in [-0.25, -0.2) is 4.98 Å². The summed E-state index contributed by atoms with van der Waals surface area (Å²) in [5.41, 5.74) is 4.24. The minimum atomic E-state index is -0.146. The largest absolute Gasteiger partial charge is 0.338 e. The number of imidazole rings is 1. The Bertz CT molecular complexity index is 1040. The number of aromatic nitrogens is 2. The third-order valence-corrected chi connectivity index (χ3v) is 7.36. The third-order valence-electron chi connectivity index (χ3n) is 5.21. The lowest BCUT2D eigenvalue weighted by molar-refractivity contribution is -0.130. The first kappa shape index (κ1) is 17.8. The van der Waals surface area contributed by atoms with E-state index in [9.17, 15) is 9.59 Å². The van der Waals surface area contributed by atoms with E-state index in [4.69, 9.17) is 4.98 Å². The number of carbonyl (C=O) groups is 2. The number of anilines is 1. The molecule has 0 bridgehead atoms. The highest BCUT2D eigenvalue weighted by atomic mass is 32.2. The number of benzene rings is 1. The summed E-state index contributed by atoms with van der Waals surface area (Å²) in [7, 11) is 0. The highest BCUT2D eigenvalue weighted by Crippen LogP contribution is 2.43. The molecule has 1 aliphatic carbocycles. The van der Waals surface area contributed by atoms with Crippen LogP contribution >= 0.6 is 23.1 Å². The lowest BCUT2D eigenvalue weighted by Crippen LogP contribution is -2.34. The van der Waals surface area contributed by atoms with Crippen LogP contribution in [0.2, 0.25) is 0 Å². The highest BCUT2D eigenvalue weighted by molar-refractivity contribution is 8.00. The molecule has 1 aliphatic heterocycles. The van der Waals surface area contributed by atoms with Gasteiger partial charge in [0.1, 0.15) is 17.4 Å². The van der Waals surface area contributed by atoms with E-state index >= 15 is 0 Å². The molecular weight excluding hydrogens is 392 g/mol. The Hall–Kier alpha value is -2.32. The standard InChI is InChI=1S/C20H20N4O2S2/c25-16(9-24-11-27-10-17(24)26)23-20-18(12-5-1-4-8-15(12)28-20)19-21-13-6-2-3-7-14(13)22-19/h2-3,6-7H,1,4-5,8-11H2,(H,21,22)(H,23,25). The number of nitrogens with zero attached hydrogens (tertiary/aromatic N) is 2. The van der Waals surface area contributed by atoms with Crippen molar-refractivity contribution in [2.75, 3.05) is 23.5 Å². The van der Waals surface area contributed by atoms with E-state index < -0.39 is 0 Å². The van der Waals surface area contributed by atoms with Gasteiger partial charge < -0.3 is 15.2 Å². The molecule has 28 heavy (non-hydrogen) atoms. The Morgan fingerprint density at radius 1 is 1.25 bits per heavy atom. The van der Waals surface area contributed by atoms with Crippen LogP contribution in [0.4, 0.5) is 5.00 Å². The number of thiophene rings is 1. The number of hydrogen-bond acceptors (Lipinski definition) is 5. The molecule has 0 spiro atoms. The molecule has 8 heteroatoms. The van der Waals surface area contributed by atoms with Crippen molar-refractivity contribution in [2.45, 2.75) is 25.7 Å². The summed E-state index contributed by atoms with van der Waals surface area (Å²) in [6.07, 6.45) is 4.39. The summed E-state index contributed by atoms with van der Waals surface area (Å²) < 4.78 is 0. The van der Waals surface area contributed by atoms with Crippen LogP contribution in [0.1, 0.15) is 23.3 Å². The van der Waals surface area contributed by atoms with Gasteiger partial charge in [0.25, 0.3) is 0 Å². The molecule has 144 valence electrons. The predicted molar refractivity (Wildman–Crippen MR) is 114 cm³/mol. The maximum absolute atomic E-state index is 12.6. The molecule has 0 unspecified atom stereocenters. The minimum Gasteiger partial charge on any atom is -0.338 e. The van der Waals surface area contributed by atoms with E-state index in [1.54, 1.807) is 28.0 Å². The molecule has 0 atom stereocenters. The molecule has 1 saturated heterocycles. The molecule has 0 saturated carbocycles. The van der Waals surface area contributed by atoms with Crippen molar-refractivity contribution in [1.29, 1.82) is 0 Å². The fourth-order valence-corrected chi connectivity index (χ4v) is 6.07. The Morgan fingerprint density at radius 2 is 2.11 bits per heavy atom. The lowest BCUT2D eigenvalue weighted by atomic mass is 9.95. The van der Waals surface area contributed by atoms with Crippen LogP contribution in [-0.4, -0.2) is 44.9 Å². The van der Waals surface area contributed by atoms with Crippen molar-refractivity contribution in [3.05, 3.63) is 34.7 Å². The molecule has 1 fully saturated rings. The van der Waals surface area contributed by atoms with E-state index in [0.717, 1.165) is 46.7 Å². The number of nitrogens with one attached hydrogen (secondary N) is 2. The van der Waals surface area contributed by atoms with E-state index in [1.165, 1.54) is 16.9 Å². The summed E-state index contributed by atoms with van der Waals surface area (Å²) in [6.45, 7) is 0.105. The normalized spacial score (nSPS) is 16.6.